The van der Waals surface area contributed by atoms with Crippen LogP contribution >= 0.6 is 22.6 Å². The van der Waals surface area contributed by atoms with Gasteiger partial charge in [0.05, 0.1) is 34.8 Å². The first kappa shape index (κ1) is 27.0. The highest BCUT2D eigenvalue weighted by atomic mass is 127. The van der Waals surface area contributed by atoms with Crippen LogP contribution in [0.4, 0.5) is 10.1 Å². The van der Waals surface area contributed by atoms with E-state index < -0.39 is 39.2 Å². The maximum Gasteiger partial charge on any atom is 0.333 e. The zero-order valence-corrected chi connectivity index (χ0v) is 23.4. The molecule has 196 valence electrons. The lowest BCUT2D eigenvalue weighted by molar-refractivity contribution is -0.134. The van der Waals surface area contributed by atoms with Crippen LogP contribution in [0.1, 0.15) is 35.8 Å². The number of sulfonamides is 1. The third-order valence-electron chi connectivity index (χ3n) is 6.34. The highest BCUT2D eigenvalue weighted by Crippen LogP contribution is 2.35. The Morgan fingerprint density at radius 3 is 2.51 bits per heavy atom. The first-order valence-electron chi connectivity index (χ1n) is 11.2. The van der Waals surface area contributed by atoms with Gasteiger partial charge in [-0.05, 0) is 65.4 Å². The van der Waals surface area contributed by atoms with E-state index in [9.17, 15) is 27.2 Å². The zero-order chi connectivity index (χ0) is 27.2. The Morgan fingerprint density at radius 2 is 1.86 bits per heavy atom. The zero-order valence-electron chi connectivity index (χ0n) is 20.5. The summed E-state index contributed by atoms with van der Waals surface area (Å²) in [5, 5.41) is 2.94. The Labute approximate surface area is 226 Å². The minimum atomic E-state index is -3.44. The Bertz CT molecular complexity index is 1620. The molecule has 4 rings (SSSR count). The number of aromatic amines is 1. The summed E-state index contributed by atoms with van der Waals surface area (Å²) < 4.78 is 41.5. The summed E-state index contributed by atoms with van der Waals surface area (Å²) in [4.78, 5) is 43.1. The molecule has 2 unspecified atom stereocenters. The fraction of sp³-hybridized carbons (Fsp3) is 0.292. The maximum atomic E-state index is 14.7. The molecule has 1 aliphatic rings. The van der Waals surface area contributed by atoms with Crippen LogP contribution in [0, 0.1) is 9.39 Å². The second kappa shape index (κ2) is 10.0. The van der Waals surface area contributed by atoms with Crippen LogP contribution in [0.3, 0.4) is 0 Å². The van der Waals surface area contributed by atoms with Crippen molar-refractivity contribution in [1.29, 1.82) is 0 Å². The number of halogens is 2. The van der Waals surface area contributed by atoms with Gasteiger partial charge in [0.1, 0.15) is 12.0 Å². The lowest BCUT2D eigenvalue weighted by atomic mass is 9.93. The average molecular weight is 641 g/mol. The number of fused-ring (bicyclic) bond motifs is 1. The molecule has 13 heteroatoms. The minimum absolute atomic E-state index is 0.0560. The van der Waals surface area contributed by atoms with Gasteiger partial charge in [-0.15, -0.1) is 0 Å². The Kier molecular flexibility index (Phi) is 7.32. The van der Waals surface area contributed by atoms with E-state index in [0.29, 0.717) is 14.8 Å². The second-order valence-electron chi connectivity index (χ2n) is 8.92. The summed E-state index contributed by atoms with van der Waals surface area (Å²) in [6.45, 7) is 1.65. The van der Waals surface area contributed by atoms with E-state index in [2.05, 4.69) is 10.3 Å². The molecular formula is C24H25FIN5O5S. The number of hydrogen-bond donors (Lipinski definition) is 2. The second-order valence-corrected chi connectivity index (χ2v) is 12.3. The molecule has 3 aromatic rings. The van der Waals surface area contributed by atoms with Crippen LogP contribution in [-0.4, -0.2) is 53.4 Å². The maximum absolute atomic E-state index is 14.7. The molecule has 2 N–H and O–H groups in total. The molecule has 2 heterocycles. The van der Waals surface area contributed by atoms with Gasteiger partial charge in [0.25, 0.3) is 5.56 Å². The largest absolute Gasteiger partial charge is 0.359 e. The predicted molar refractivity (Wildman–Crippen MR) is 146 cm³/mol. The Balaban J connectivity index is 1.89. The third-order valence-corrected chi connectivity index (χ3v) is 8.27. The predicted octanol–water partition coefficient (Wildman–Crippen LogP) is 2.35. The number of hydrogen-bond acceptors (Lipinski definition) is 6. The van der Waals surface area contributed by atoms with Crippen molar-refractivity contribution in [3.8, 4) is 5.69 Å². The van der Waals surface area contributed by atoms with Gasteiger partial charge in [0.15, 0.2) is 0 Å². The average Bonchev–Trinajstić information content (AvgIpc) is 2.81. The fourth-order valence-corrected chi connectivity index (χ4v) is 5.19. The van der Waals surface area contributed by atoms with Gasteiger partial charge in [-0.25, -0.2) is 21.9 Å². The first-order chi connectivity index (χ1) is 17.3. The summed E-state index contributed by atoms with van der Waals surface area (Å²) in [6, 6.07) is 11.1. The van der Waals surface area contributed by atoms with E-state index in [1.807, 2.05) is 22.6 Å². The van der Waals surface area contributed by atoms with Gasteiger partial charge < -0.3 is 10.2 Å². The fourth-order valence-electron chi connectivity index (χ4n) is 4.35. The number of carbonyl (C=O) groups excluding carboxylic acids is 1. The van der Waals surface area contributed by atoms with Crippen molar-refractivity contribution in [1.82, 2.24) is 18.8 Å². The molecular weight excluding hydrogens is 616 g/mol. The molecule has 0 radical (unpaired) electrons. The van der Waals surface area contributed by atoms with Crippen LogP contribution in [0.15, 0.2) is 52.1 Å². The molecule has 1 aliphatic heterocycles. The van der Waals surface area contributed by atoms with E-state index in [0.717, 1.165) is 10.6 Å². The van der Waals surface area contributed by atoms with Gasteiger partial charge in [0.2, 0.25) is 15.9 Å². The molecule has 37 heavy (non-hydrogen) atoms. The van der Waals surface area contributed by atoms with E-state index in [1.165, 1.54) is 35.7 Å². The summed E-state index contributed by atoms with van der Waals surface area (Å²) in [7, 11) is -0.507. The standard InChI is InChI=1S/C24H25FIN5O5S/c1-13-20-19(21(30(3)23(13)33)27-18-9-8-15(26)11-17(18)25)22(32)28-24(34)31(20)16-7-5-6-14(10-16)12-29(2)37(4,35)36/h5-11,13,21,27H,12H2,1-4H3,(H,28,32,34). The lowest BCUT2D eigenvalue weighted by Crippen LogP contribution is -2.49. The molecule has 1 aromatic heterocycles. The molecule has 2 aromatic carbocycles. The molecule has 0 bridgehead atoms. The van der Waals surface area contributed by atoms with Gasteiger partial charge >= 0.3 is 5.69 Å². The third kappa shape index (κ3) is 5.20. The Morgan fingerprint density at radius 1 is 1.16 bits per heavy atom. The number of likely N-dealkylation sites (N-methyl/N-ethyl adjacent to an activating group) is 1. The number of benzene rings is 2. The molecule has 2 atom stereocenters. The van der Waals surface area contributed by atoms with Crippen LogP contribution in [0.25, 0.3) is 5.69 Å². The SMILES string of the molecule is CC1C(=O)N(C)C(Nc2ccc(I)cc2F)c2c1n(-c1cccc(CN(C)S(C)(=O)=O)c1)c(=O)[nH]c2=O. The smallest absolute Gasteiger partial charge is 0.333 e. The number of rotatable bonds is 6. The number of H-pyrrole nitrogens is 1. The molecule has 0 fully saturated rings. The van der Waals surface area contributed by atoms with Crippen molar-refractivity contribution in [3.63, 3.8) is 0 Å². The van der Waals surface area contributed by atoms with E-state index in [1.54, 1.807) is 37.3 Å². The van der Waals surface area contributed by atoms with E-state index >= 15 is 0 Å². The van der Waals surface area contributed by atoms with Crippen molar-refractivity contribution in [2.24, 2.45) is 0 Å². The van der Waals surface area contributed by atoms with Crippen LogP contribution in [0.2, 0.25) is 0 Å². The highest BCUT2D eigenvalue weighted by molar-refractivity contribution is 14.1. The van der Waals surface area contributed by atoms with E-state index in [4.69, 9.17) is 0 Å². The molecule has 0 aliphatic carbocycles. The summed E-state index contributed by atoms with van der Waals surface area (Å²) in [5.74, 6) is -1.79. The monoisotopic (exact) mass is 641 g/mol. The van der Waals surface area contributed by atoms with Crippen molar-refractivity contribution in [2.45, 2.75) is 25.6 Å². The van der Waals surface area contributed by atoms with Crippen LogP contribution < -0.4 is 16.6 Å². The number of nitrogens with zero attached hydrogens (tertiary/aromatic N) is 3. The van der Waals surface area contributed by atoms with Gasteiger partial charge in [-0.1, -0.05) is 12.1 Å². The number of anilines is 1. The molecule has 10 nitrogen and oxygen atoms in total. The van der Waals surface area contributed by atoms with Crippen molar-refractivity contribution >= 4 is 44.2 Å². The number of aromatic nitrogens is 2. The lowest BCUT2D eigenvalue weighted by Gasteiger charge is -2.38. The molecule has 1 amide bonds. The summed E-state index contributed by atoms with van der Waals surface area (Å²) >= 11 is 1.97. The summed E-state index contributed by atoms with van der Waals surface area (Å²) in [6.07, 6.45) is 0.0379. The van der Waals surface area contributed by atoms with Crippen LogP contribution in [-0.2, 0) is 21.4 Å². The van der Waals surface area contributed by atoms with Crippen LogP contribution in [0.5, 0.6) is 0 Å². The Hall–Kier alpha value is -3.04. The number of carbonyl (C=O) groups is 1. The van der Waals surface area contributed by atoms with Gasteiger partial charge in [-0.2, -0.15) is 0 Å². The number of nitrogens with one attached hydrogen (secondary N) is 2. The van der Waals surface area contributed by atoms with Gasteiger partial charge in [-0.3, -0.25) is 19.1 Å². The summed E-state index contributed by atoms with van der Waals surface area (Å²) in [5.41, 5.74) is -0.132. The topological polar surface area (TPSA) is 125 Å². The first-order valence-corrected chi connectivity index (χ1v) is 14.1. The van der Waals surface area contributed by atoms with Crippen molar-refractivity contribution in [3.05, 3.63) is 89.5 Å². The molecule has 0 spiro atoms. The quantitative estimate of drug-likeness (QED) is 0.399. The van der Waals surface area contributed by atoms with Crippen molar-refractivity contribution < 1.29 is 17.6 Å². The normalized spacial score (nSPS) is 17.7. The minimum Gasteiger partial charge on any atom is -0.359 e. The number of amides is 1. The van der Waals surface area contributed by atoms with Gasteiger partial charge in [0, 0.05) is 24.2 Å². The van der Waals surface area contributed by atoms with E-state index in [-0.39, 0.29) is 29.4 Å². The highest BCUT2D eigenvalue weighted by Gasteiger charge is 2.40. The molecule has 0 saturated carbocycles. The van der Waals surface area contributed by atoms with Crippen molar-refractivity contribution in [2.75, 3.05) is 25.7 Å². The molecule has 0 saturated heterocycles.